The average molecular weight is 432 g/mol. The van der Waals surface area contributed by atoms with Crippen LogP contribution in [0.15, 0.2) is 36.5 Å². The number of rotatable bonds is 4. The molecule has 1 aliphatic heterocycles. The van der Waals surface area contributed by atoms with Gasteiger partial charge in [-0.1, -0.05) is 31.4 Å². The molecule has 6 rings (SSSR count). The third-order valence-electron chi connectivity index (χ3n) is 8.91. The molecule has 3 saturated carbocycles. The second kappa shape index (κ2) is 8.35. The Balaban J connectivity index is 1.17. The average Bonchev–Trinajstić information content (AvgIpc) is 3.40. The van der Waals surface area contributed by atoms with E-state index in [1.807, 2.05) is 6.20 Å². The lowest BCUT2D eigenvalue weighted by Gasteiger charge is -2.42. The van der Waals surface area contributed by atoms with E-state index in [0.717, 1.165) is 25.9 Å². The van der Waals surface area contributed by atoms with Crippen LogP contribution in [0.2, 0.25) is 0 Å². The molecule has 2 heterocycles. The summed E-state index contributed by atoms with van der Waals surface area (Å²) in [5, 5.41) is 4.63. The zero-order chi connectivity index (χ0) is 21.5. The Labute approximate surface area is 192 Å². The minimum absolute atomic E-state index is 0.209. The van der Waals surface area contributed by atoms with Crippen molar-refractivity contribution in [3.8, 4) is 5.69 Å². The van der Waals surface area contributed by atoms with E-state index < -0.39 is 0 Å². The first-order valence-electron chi connectivity index (χ1n) is 13.1. The molecule has 1 aromatic carbocycles. The third-order valence-corrected chi connectivity index (χ3v) is 8.91. The predicted molar refractivity (Wildman–Crippen MR) is 127 cm³/mol. The lowest BCUT2D eigenvalue weighted by atomic mass is 9.75. The molecule has 1 amide bonds. The summed E-state index contributed by atoms with van der Waals surface area (Å²) in [6.45, 7) is 2.02. The van der Waals surface area contributed by atoms with Crippen molar-refractivity contribution in [3.63, 3.8) is 0 Å². The molecule has 1 spiro atoms. The molecule has 4 aliphatic rings. The van der Waals surface area contributed by atoms with Crippen LogP contribution in [0.1, 0.15) is 100 Å². The number of carbonyl (C=O) groups is 1. The molecule has 3 aliphatic carbocycles. The molecule has 1 saturated heterocycles. The van der Waals surface area contributed by atoms with Crippen LogP contribution in [0.25, 0.3) is 5.69 Å². The highest BCUT2D eigenvalue weighted by atomic mass is 16.2. The minimum atomic E-state index is 0.209. The lowest BCUT2D eigenvalue weighted by Crippen LogP contribution is -2.47. The Bertz CT molecular complexity index is 969. The smallest absolute Gasteiger partial charge is 0.225 e. The van der Waals surface area contributed by atoms with Crippen LogP contribution in [0.4, 0.5) is 0 Å². The quantitative estimate of drug-likeness (QED) is 0.577. The van der Waals surface area contributed by atoms with Gasteiger partial charge in [-0.15, -0.1) is 0 Å². The first-order chi connectivity index (χ1) is 15.7. The van der Waals surface area contributed by atoms with Gasteiger partial charge in [-0.2, -0.15) is 5.10 Å². The Morgan fingerprint density at radius 2 is 1.78 bits per heavy atom. The van der Waals surface area contributed by atoms with Crippen LogP contribution in [-0.4, -0.2) is 33.7 Å². The Kier molecular flexibility index (Phi) is 5.35. The zero-order valence-corrected chi connectivity index (χ0v) is 19.3. The number of hydrogen-bond donors (Lipinski definition) is 0. The SMILES string of the molecule is O=C(C1CCCC(c2cccc(-n3nccc3C3CC3)c2)C1)N1CCCC2(CCCC2)C1. The number of nitrogens with zero attached hydrogens (tertiary/aromatic N) is 3. The van der Waals surface area contributed by atoms with E-state index in [9.17, 15) is 4.79 Å². The highest BCUT2D eigenvalue weighted by molar-refractivity contribution is 5.79. The van der Waals surface area contributed by atoms with Crippen molar-refractivity contribution in [2.24, 2.45) is 11.3 Å². The fourth-order valence-corrected chi connectivity index (χ4v) is 7.03. The molecule has 4 nitrogen and oxygen atoms in total. The van der Waals surface area contributed by atoms with Gasteiger partial charge >= 0.3 is 0 Å². The summed E-state index contributed by atoms with van der Waals surface area (Å²) in [5.74, 6) is 1.84. The van der Waals surface area contributed by atoms with Crippen molar-refractivity contribution in [3.05, 3.63) is 47.8 Å². The first kappa shape index (κ1) is 20.5. The van der Waals surface area contributed by atoms with Crippen LogP contribution in [0.3, 0.4) is 0 Å². The molecule has 0 N–H and O–H groups in total. The molecule has 2 unspecified atom stereocenters. The molecule has 0 radical (unpaired) electrons. The van der Waals surface area contributed by atoms with E-state index in [-0.39, 0.29) is 5.92 Å². The number of hydrogen-bond acceptors (Lipinski definition) is 2. The second-order valence-corrected chi connectivity index (χ2v) is 11.2. The van der Waals surface area contributed by atoms with Gasteiger partial charge in [-0.25, -0.2) is 4.68 Å². The number of piperidine rings is 1. The molecular weight excluding hydrogens is 394 g/mol. The highest BCUT2D eigenvalue weighted by Crippen LogP contribution is 2.46. The standard InChI is InChI=1S/C28H37N3O/c32-27(30-17-5-15-28(20-30)13-1-2-14-28)24-8-3-6-22(18-24)23-7-4-9-25(19-23)31-26(12-16-29-31)21-10-11-21/h4,7,9,12,16,19,21-22,24H,1-3,5-6,8,10-11,13-15,17-18,20H2. The van der Waals surface area contributed by atoms with Crippen LogP contribution in [0, 0.1) is 11.3 Å². The maximum atomic E-state index is 13.6. The number of likely N-dealkylation sites (tertiary alicyclic amines) is 1. The van der Waals surface area contributed by atoms with E-state index >= 15 is 0 Å². The molecule has 4 heteroatoms. The van der Waals surface area contributed by atoms with Gasteiger partial charge < -0.3 is 4.90 Å². The summed E-state index contributed by atoms with van der Waals surface area (Å²) in [6, 6.07) is 11.2. The number of benzene rings is 1. The highest BCUT2D eigenvalue weighted by Gasteiger charge is 2.41. The maximum absolute atomic E-state index is 13.6. The van der Waals surface area contributed by atoms with E-state index in [4.69, 9.17) is 0 Å². The van der Waals surface area contributed by atoms with E-state index in [1.54, 1.807) is 0 Å². The summed E-state index contributed by atoms with van der Waals surface area (Å²) in [7, 11) is 0. The van der Waals surface area contributed by atoms with E-state index in [2.05, 4.69) is 45.0 Å². The molecule has 32 heavy (non-hydrogen) atoms. The van der Waals surface area contributed by atoms with Gasteiger partial charge in [0, 0.05) is 36.8 Å². The molecule has 2 atom stereocenters. The van der Waals surface area contributed by atoms with E-state index in [0.29, 0.717) is 23.2 Å². The number of amides is 1. The molecule has 1 aromatic heterocycles. The van der Waals surface area contributed by atoms with Gasteiger partial charge in [0.25, 0.3) is 0 Å². The van der Waals surface area contributed by atoms with Crippen molar-refractivity contribution in [1.82, 2.24) is 14.7 Å². The topological polar surface area (TPSA) is 38.1 Å². The molecule has 2 aromatic rings. The van der Waals surface area contributed by atoms with Crippen molar-refractivity contribution >= 4 is 5.91 Å². The minimum Gasteiger partial charge on any atom is -0.342 e. The summed E-state index contributed by atoms with van der Waals surface area (Å²) in [5.41, 5.74) is 4.38. The van der Waals surface area contributed by atoms with Gasteiger partial charge in [0.2, 0.25) is 5.91 Å². The monoisotopic (exact) mass is 431 g/mol. The fraction of sp³-hybridized carbons (Fsp3) is 0.643. The summed E-state index contributed by atoms with van der Waals surface area (Å²) in [6.07, 6.45) is 16.9. The van der Waals surface area contributed by atoms with Crippen LogP contribution < -0.4 is 0 Å². The molecule has 4 fully saturated rings. The van der Waals surface area contributed by atoms with Crippen molar-refractivity contribution in [2.45, 2.75) is 88.9 Å². The van der Waals surface area contributed by atoms with Crippen LogP contribution in [0.5, 0.6) is 0 Å². The molecular formula is C28H37N3O. The van der Waals surface area contributed by atoms with Gasteiger partial charge in [-0.3, -0.25) is 4.79 Å². The van der Waals surface area contributed by atoms with Gasteiger partial charge in [0.15, 0.2) is 0 Å². The summed E-state index contributed by atoms with van der Waals surface area (Å²) >= 11 is 0. The predicted octanol–water partition coefficient (Wildman–Crippen LogP) is 6.21. The van der Waals surface area contributed by atoms with Crippen LogP contribution in [-0.2, 0) is 4.79 Å². The van der Waals surface area contributed by atoms with Gasteiger partial charge in [0.05, 0.1) is 5.69 Å². The molecule has 0 bridgehead atoms. The Morgan fingerprint density at radius 3 is 2.62 bits per heavy atom. The number of carbonyl (C=O) groups excluding carboxylic acids is 1. The van der Waals surface area contributed by atoms with E-state index in [1.165, 1.54) is 81.2 Å². The van der Waals surface area contributed by atoms with Crippen molar-refractivity contribution < 1.29 is 4.79 Å². The molecule has 170 valence electrons. The largest absolute Gasteiger partial charge is 0.342 e. The van der Waals surface area contributed by atoms with Crippen molar-refractivity contribution in [1.29, 1.82) is 0 Å². The lowest BCUT2D eigenvalue weighted by molar-refractivity contribution is -0.140. The summed E-state index contributed by atoms with van der Waals surface area (Å²) in [4.78, 5) is 15.8. The first-order valence-corrected chi connectivity index (χ1v) is 13.1. The normalized spacial score (nSPS) is 27.7. The maximum Gasteiger partial charge on any atom is 0.225 e. The Hall–Kier alpha value is -2.10. The third kappa shape index (κ3) is 3.91. The number of aromatic nitrogens is 2. The van der Waals surface area contributed by atoms with Gasteiger partial charge in [0.1, 0.15) is 0 Å². The van der Waals surface area contributed by atoms with Crippen molar-refractivity contribution in [2.75, 3.05) is 13.1 Å². The second-order valence-electron chi connectivity index (χ2n) is 11.2. The Morgan fingerprint density at radius 1 is 0.938 bits per heavy atom. The fourth-order valence-electron chi connectivity index (χ4n) is 7.03. The van der Waals surface area contributed by atoms with Crippen LogP contribution >= 0.6 is 0 Å². The van der Waals surface area contributed by atoms with Gasteiger partial charge in [-0.05, 0) is 92.9 Å². The zero-order valence-electron chi connectivity index (χ0n) is 19.3. The summed E-state index contributed by atoms with van der Waals surface area (Å²) < 4.78 is 2.14.